The summed E-state index contributed by atoms with van der Waals surface area (Å²) in [5.41, 5.74) is 2.47. The van der Waals surface area contributed by atoms with Gasteiger partial charge in [-0.05, 0) is 86.3 Å². The van der Waals surface area contributed by atoms with E-state index < -0.39 is 0 Å². The quantitative estimate of drug-likeness (QED) is 0.354. The van der Waals surface area contributed by atoms with Gasteiger partial charge in [-0.1, -0.05) is 18.2 Å². The van der Waals surface area contributed by atoms with Crippen LogP contribution < -0.4 is 14.8 Å². The number of hydrogen-bond acceptors (Lipinski definition) is 5. The molecular weight excluding hydrogens is 424 g/mol. The van der Waals surface area contributed by atoms with Crippen LogP contribution in [-0.4, -0.2) is 35.9 Å². The lowest BCUT2D eigenvalue weighted by atomic mass is 9.94. The number of esters is 1. The molecule has 2 aliphatic rings. The molecule has 0 saturated carbocycles. The first kappa shape index (κ1) is 22.1. The Morgan fingerprint density at radius 3 is 2.72 bits per heavy atom. The van der Waals surface area contributed by atoms with Gasteiger partial charge in [0.2, 0.25) is 6.79 Å². The Labute approximate surface area is 194 Å². The Hall–Kier alpha value is -3.06. The number of rotatable bonds is 7. The van der Waals surface area contributed by atoms with Crippen LogP contribution in [-0.2, 0) is 11.3 Å². The third-order valence-electron chi connectivity index (χ3n) is 5.60. The highest BCUT2D eigenvalue weighted by molar-refractivity contribution is 7.80. The highest BCUT2D eigenvalue weighted by atomic mass is 32.1. The van der Waals surface area contributed by atoms with Gasteiger partial charge in [0.05, 0.1) is 12.2 Å². The smallest absolute Gasteiger partial charge is 0.338 e. The zero-order chi connectivity index (χ0) is 22.3. The maximum absolute atomic E-state index is 11.9. The Balaban J connectivity index is 1.46. The number of nitrogens with one attached hydrogen (secondary N) is 1. The fourth-order valence-electron chi connectivity index (χ4n) is 3.92. The Kier molecular flexibility index (Phi) is 7.27. The molecule has 1 aliphatic heterocycles. The predicted octanol–water partition coefficient (Wildman–Crippen LogP) is 5.15. The number of benzene rings is 2. The molecule has 0 bridgehead atoms. The number of anilines is 1. The predicted molar refractivity (Wildman–Crippen MR) is 128 cm³/mol. The van der Waals surface area contributed by atoms with Gasteiger partial charge in [-0.25, -0.2) is 4.79 Å². The van der Waals surface area contributed by atoms with Crippen molar-refractivity contribution in [3.05, 3.63) is 65.7 Å². The minimum atomic E-state index is -0.323. The van der Waals surface area contributed by atoms with Gasteiger partial charge >= 0.3 is 5.97 Å². The molecule has 0 saturated heterocycles. The lowest BCUT2D eigenvalue weighted by Crippen LogP contribution is -2.38. The molecule has 32 heavy (non-hydrogen) atoms. The van der Waals surface area contributed by atoms with Gasteiger partial charge in [0.1, 0.15) is 0 Å². The van der Waals surface area contributed by atoms with E-state index in [1.54, 1.807) is 19.1 Å². The number of allylic oxidation sites excluding steroid dienone is 2. The van der Waals surface area contributed by atoms with Gasteiger partial charge in [0.15, 0.2) is 16.6 Å². The van der Waals surface area contributed by atoms with Crippen LogP contribution in [0, 0.1) is 5.92 Å². The summed E-state index contributed by atoms with van der Waals surface area (Å²) in [4.78, 5) is 14.1. The van der Waals surface area contributed by atoms with E-state index in [4.69, 9.17) is 26.4 Å². The highest BCUT2D eigenvalue weighted by Crippen LogP contribution is 2.33. The third kappa shape index (κ3) is 5.59. The standard InChI is InChI=1S/C25H28N2O4S/c1-2-29-24(28)20-9-11-21(12-10-20)26-25(32)27(15-18-6-4-3-5-7-18)16-19-8-13-22-23(14-19)31-17-30-22/h3-4,8-14,18H,2,5-7,15-17H2,1H3,(H,26,32). The van der Waals surface area contributed by atoms with E-state index in [0.717, 1.165) is 48.6 Å². The van der Waals surface area contributed by atoms with Gasteiger partial charge in [0.25, 0.3) is 0 Å². The molecule has 0 spiro atoms. The molecule has 1 heterocycles. The molecule has 1 atom stereocenters. The van der Waals surface area contributed by atoms with Crippen molar-refractivity contribution in [3.8, 4) is 11.5 Å². The Morgan fingerprint density at radius 1 is 1.16 bits per heavy atom. The van der Waals surface area contributed by atoms with E-state index in [9.17, 15) is 4.79 Å². The number of nitrogens with zero attached hydrogens (tertiary/aromatic N) is 1. The molecule has 6 nitrogen and oxygen atoms in total. The number of hydrogen-bond donors (Lipinski definition) is 1. The van der Waals surface area contributed by atoms with E-state index in [-0.39, 0.29) is 12.8 Å². The maximum Gasteiger partial charge on any atom is 0.338 e. The van der Waals surface area contributed by atoms with Crippen LogP contribution >= 0.6 is 12.2 Å². The van der Waals surface area contributed by atoms with Crippen LogP contribution in [0.4, 0.5) is 5.69 Å². The van der Waals surface area contributed by atoms with Gasteiger partial charge in [-0.3, -0.25) is 0 Å². The van der Waals surface area contributed by atoms with E-state index in [1.807, 2.05) is 24.3 Å². The summed E-state index contributed by atoms with van der Waals surface area (Å²) in [6, 6.07) is 13.2. The average molecular weight is 453 g/mol. The number of thiocarbonyl (C=S) groups is 1. The first-order chi connectivity index (χ1) is 15.6. The molecule has 2 aromatic carbocycles. The van der Waals surface area contributed by atoms with E-state index in [1.165, 1.54) is 0 Å². The normalized spacial score (nSPS) is 16.5. The molecule has 1 unspecified atom stereocenters. The second-order valence-corrected chi connectivity index (χ2v) is 8.33. The van der Waals surface area contributed by atoms with Crippen LogP contribution in [0.3, 0.4) is 0 Å². The minimum Gasteiger partial charge on any atom is -0.462 e. The number of ether oxygens (including phenoxy) is 3. The first-order valence-electron chi connectivity index (χ1n) is 11.0. The van der Waals surface area contributed by atoms with Crippen molar-refractivity contribution in [2.24, 2.45) is 5.92 Å². The van der Waals surface area contributed by atoms with E-state index in [2.05, 4.69) is 28.4 Å². The maximum atomic E-state index is 11.9. The lowest BCUT2D eigenvalue weighted by Gasteiger charge is -2.31. The first-order valence-corrected chi connectivity index (χ1v) is 11.4. The van der Waals surface area contributed by atoms with Crippen molar-refractivity contribution in [3.63, 3.8) is 0 Å². The van der Waals surface area contributed by atoms with Gasteiger partial charge < -0.3 is 24.4 Å². The van der Waals surface area contributed by atoms with Crippen LogP contribution in [0.1, 0.15) is 42.1 Å². The summed E-state index contributed by atoms with van der Waals surface area (Å²) in [7, 11) is 0. The van der Waals surface area contributed by atoms with Crippen molar-refractivity contribution in [1.29, 1.82) is 0 Å². The van der Waals surface area contributed by atoms with Crippen LogP contribution in [0.15, 0.2) is 54.6 Å². The summed E-state index contributed by atoms with van der Waals surface area (Å²) in [6.45, 7) is 3.95. The average Bonchev–Trinajstić information content (AvgIpc) is 3.28. The minimum absolute atomic E-state index is 0.263. The summed E-state index contributed by atoms with van der Waals surface area (Å²) >= 11 is 5.80. The summed E-state index contributed by atoms with van der Waals surface area (Å²) in [6.07, 6.45) is 7.84. The molecule has 2 aromatic rings. The zero-order valence-electron chi connectivity index (χ0n) is 18.2. The number of carbonyl (C=O) groups excluding carboxylic acids is 1. The Morgan fingerprint density at radius 2 is 1.97 bits per heavy atom. The van der Waals surface area contributed by atoms with Crippen molar-refractivity contribution >= 4 is 29.0 Å². The monoisotopic (exact) mass is 452 g/mol. The van der Waals surface area contributed by atoms with Crippen LogP contribution in [0.25, 0.3) is 0 Å². The van der Waals surface area contributed by atoms with Crippen molar-refractivity contribution < 1.29 is 19.0 Å². The molecule has 0 amide bonds. The van der Waals surface area contributed by atoms with E-state index >= 15 is 0 Å². The molecule has 0 fully saturated rings. The van der Waals surface area contributed by atoms with Gasteiger partial charge in [-0.15, -0.1) is 0 Å². The van der Waals surface area contributed by atoms with Crippen molar-refractivity contribution in [1.82, 2.24) is 4.90 Å². The second-order valence-electron chi connectivity index (χ2n) is 7.95. The highest BCUT2D eigenvalue weighted by Gasteiger charge is 2.20. The fourth-order valence-corrected chi connectivity index (χ4v) is 4.18. The molecule has 4 rings (SSSR count). The van der Waals surface area contributed by atoms with Crippen molar-refractivity contribution in [2.45, 2.75) is 32.7 Å². The topological polar surface area (TPSA) is 60.0 Å². The largest absolute Gasteiger partial charge is 0.462 e. The SMILES string of the molecule is CCOC(=O)c1ccc(NC(=S)N(Cc2ccc3c(c2)OCO3)CC2CC=CCC2)cc1. The van der Waals surface area contributed by atoms with Crippen LogP contribution in [0.2, 0.25) is 0 Å². The molecule has 1 N–H and O–H groups in total. The van der Waals surface area contributed by atoms with Crippen LogP contribution in [0.5, 0.6) is 11.5 Å². The van der Waals surface area contributed by atoms with Crippen molar-refractivity contribution in [2.75, 3.05) is 25.3 Å². The van der Waals surface area contributed by atoms with E-state index in [0.29, 0.717) is 29.7 Å². The third-order valence-corrected chi connectivity index (χ3v) is 5.96. The second kappa shape index (κ2) is 10.5. The zero-order valence-corrected chi connectivity index (χ0v) is 19.0. The van der Waals surface area contributed by atoms with Gasteiger partial charge in [-0.2, -0.15) is 0 Å². The molecular formula is C25H28N2O4S. The lowest BCUT2D eigenvalue weighted by molar-refractivity contribution is 0.0526. The molecule has 0 aromatic heterocycles. The Bertz CT molecular complexity index is 990. The summed E-state index contributed by atoms with van der Waals surface area (Å²) in [5.74, 6) is 1.79. The summed E-state index contributed by atoms with van der Waals surface area (Å²) in [5, 5.41) is 3.99. The molecule has 7 heteroatoms. The number of carbonyl (C=O) groups is 1. The molecule has 168 valence electrons. The summed E-state index contributed by atoms with van der Waals surface area (Å²) < 4.78 is 16.0. The molecule has 0 radical (unpaired) electrons. The fraction of sp³-hybridized carbons (Fsp3) is 0.360. The molecule has 1 aliphatic carbocycles. The van der Waals surface area contributed by atoms with Gasteiger partial charge in [0, 0.05) is 18.8 Å². The number of fused-ring (bicyclic) bond motifs is 1.